The number of phenolic OH excluding ortho intramolecular Hbond substituents is 1. The molecule has 0 amide bonds. The molecule has 1 atom stereocenters. The van der Waals surface area contributed by atoms with E-state index in [1.807, 2.05) is 6.07 Å². The van der Waals surface area contributed by atoms with Gasteiger partial charge in [-0.05, 0) is 51.9 Å². The van der Waals surface area contributed by atoms with Crippen LogP contribution in [0.1, 0.15) is 58.6 Å². The standard InChI is InChI=1S/C16H26ClNO/c1-5-6-7-10-18(12(2)3)13(4)15-11-14(17)8-9-16(15)19/h8-9,11-13,19H,5-7,10H2,1-4H3. The van der Waals surface area contributed by atoms with Gasteiger partial charge < -0.3 is 5.11 Å². The van der Waals surface area contributed by atoms with Crippen molar-refractivity contribution in [1.82, 2.24) is 4.90 Å². The van der Waals surface area contributed by atoms with Gasteiger partial charge in [0.2, 0.25) is 0 Å². The topological polar surface area (TPSA) is 23.5 Å². The summed E-state index contributed by atoms with van der Waals surface area (Å²) >= 11 is 6.04. The van der Waals surface area contributed by atoms with Gasteiger partial charge in [-0.1, -0.05) is 31.4 Å². The van der Waals surface area contributed by atoms with Crippen molar-refractivity contribution in [2.24, 2.45) is 0 Å². The van der Waals surface area contributed by atoms with Crippen LogP contribution in [-0.2, 0) is 0 Å². The smallest absolute Gasteiger partial charge is 0.120 e. The van der Waals surface area contributed by atoms with E-state index in [2.05, 4.69) is 32.6 Å². The van der Waals surface area contributed by atoms with E-state index >= 15 is 0 Å². The van der Waals surface area contributed by atoms with Gasteiger partial charge in [0.1, 0.15) is 5.75 Å². The summed E-state index contributed by atoms with van der Waals surface area (Å²) in [5, 5.41) is 10.7. The highest BCUT2D eigenvalue weighted by atomic mass is 35.5. The van der Waals surface area contributed by atoms with E-state index in [1.165, 1.54) is 19.3 Å². The zero-order valence-electron chi connectivity index (χ0n) is 12.5. The molecule has 1 aromatic rings. The fourth-order valence-electron chi connectivity index (χ4n) is 2.48. The third-order valence-corrected chi connectivity index (χ3v) is 3.86. The fourth-order valence-corrected chi connectivity index (χ4v) is 2.66. The van der Waals surface area contributed by atoms with Gasteiger partial charge in [0, 0.05) is 22.7 Å². The van der Waals surface area contributed by atoms with Crippen LogP contribution in [0, 0.1) is 0 Å². The molecule has 2 nitrogen and oxygen atoms in total. The monoisotopic (exact) mass is 283 g/mol. The molecular weight excluding hydrogens is 258 g/mol. The van der Waals surface area contributed by atoms with Crippen LogP contribution in [0.3, 0.4) is 0 Å². The van der Waals surface area contributed by atoms with E-state index in [1.54, 1.807) is 12.1 Å². The second-order valence-electron chi connectivity index (χ2n) is 5.42. The SMILES string of the molecule is CCCCCN(C(C)C)C(C)c1cc(Cl)ccc1O. The molecule has 0 spiro atoms. The minimum absolute atomic E-state index is 0.176. The van der Waals surface area contributed by atoms with Crippen molar-refractivity contribution in [3.05, 3.63) is 28.8 Å². The quantitative estimate of drug-likeness (QED) is 0.711. The first-order valence-corrected chi connectivity index (χ1v) is 7.59. The zero-order valence-corrected chi connectivity index (χ0v) is 13.2. The Morgan fingerprint density at radius 2 is 1.89 bits per heavy atom. The molecule has 0 aromatic heterocycles. The first-order chi connectivity index (χ1) is 8.97. The Bertz CT molecular complexity index is 392. The van der Waals surface area contributed by atoms with Gasteiger partial charge in [0.25, 0.3) is 0 Å². The molecule has 0 aliphatic carbocycles. The highest BCUT2D eigenvalue weighted by Gasteiger charge is 2.20. The number of halogens is 1. The molecule has 3 heteroatoms. The van der Waals surface area contributed by atoms with Crippen LogP contribution in [0.5, 0.6) is 5.75 Å². The first kappa shape index (κ1) is 16.3. The Morgan fingerprint density at radius 1 is 1.21 bits per heavy atom. The van der Waals surface area contributed by atoms with E-state index in [0.29, 0.717) is 16.8 Å². The fraction of sp³-hybridized carbons (Fsp3) is 0.625. The molecule has 0 saturated carbocycles. The molecular formula is C16H26ClNO. The van der Waals surface area contributed by atoms with Gasteiger partial charge in [-0.2, -0.15) is 0 Å². The summed E-state index contributed by atoms with van der Waals surface area (Å²) in [4.78, 5) is 2.42. The van der Waals surface area contributed by atoms with Gasteiger partial charge in [-0.3, -0.25) is 4.90 Å². The second-order valence-corrected chi connectivity index (χ2v) is 5.85. The molecule has 1 rings (SSSR count). The van der Waals surface area contributed by atoms with Crippen molar-refractivity contribution in [3.8, 4) is 5.75 Å². The minimum Gasteiger partial charge on any atom is -0.508 e. The third-order valence-electron chi connectivity index (χ3n) is 3.62. The lowest BCUT2D eigenvalue weighted by atomic mass is 10.0. The van der Waals surface area contributed by atoms with Crippen LogP contribution >= 0.6 is 11.6 Å². The Labute approximate surface area is 122 Å². The van der Waals surface area contributed by atoms with Gasteiger partial charge in [-0.15, -0.1) is 0 Å². The Morgan fingerprint density at radius 3 is 2.47 bits per heavy atom. The third kappa shape index (κ3) is 4.70. The lowest BCUT2D eigenvalue weighted by molar-refractivity contribution is 0.159. The van der Waals surface area contributed by atoms with E-state index in [0.717, 1.165) is 12.1 Å². The van der Waals surface area contributed by atoms with Crippen molar-refractivity contribution in [2.75, 3.05) is 6.54 Å². The number of nitrogens with zero attached hydrogens (tertiary/aromatic N) is 1. The maximum Gasteiger partial charge on any atom is 0.120 e. The summed E-state index contributed by atoms with van der Waals surface area (Å²) in [6, 6.07) is 5.90. The average molecular weight is 284 g/mol. The number of benzene rings is 1. The summed E-state index contributed by atoms with van der Waals surface area (Å²) in [5.74, 6) is 0.332. The van der Waals surface area contributed by atoms with Gasteiger partial charge in [-0.25, -0.2) is 0 Å². The van der Waals surface area contributed by atoms with Crippen LogP contribution in [0.4, 0.5) is 0 Å². The number of hydrogen-bond acceptors (Lipinski definition) is 2. The summed E-state index contributed by atoms with van der Waals surface area (Å²) in [7, 11) is 0. The summed E-state index contributed by atoms with van der Waals surface area (Å²) < 4.78 is 0. The van der Waals surface area contributed by atoms with Crippen molar-refractivity contribution >= 4 is 11.6 Å². The Hall–Kier alpha value is -0.730. The average Bonchev–Trinajstić information content (AvgIpc) is 2.36. The Balaban J connectivity index is 2.86. The van der Waals surface area contributed by atoms with Crippen LogP contribution < -0.4 is 0 Å². The lowest BCUT2D eigenvalue weighted by Crippen LogP contribution is -2.34. The van der Waals surface area contributed by atoms with E-state index in [9.17, 15) is 5.11 Å². The largest absolute Gasteiger partial charge is 0.508 e. The van der Waals surface area contributed by atoms with E-state index in [-0.39, 0.29) is 6.04 Å². The highest BCUT2D eigenvalue weighted by molar-refractivity contribution is 6.30. The number of aromatic hydroxyl groups is 1. The van der Waals surface area contributed by atoms with Crippen molar-refractivity contribution < 1.29 is 5.11 Å². The van der Waals surface area contributed by atoms with Gasteiger partial charge in [0.05, 0.1) is 0 Å². The maximum absolute atomic E-state index is 10.0. The molecule has 0 radical (unpaired) electrons. The van der Waals surface area contributed by atoms with Gasteiger partial charge in [0.15, 0.2) is 0 Å². The number of unbranched alkanes of at least 4 members (excludes halogenated alkanes) is 2. The molecule has 0 saturated heterocycles. The summed E-state index contributed by atoms with van der Waals surface area (Å²) in [5.41, 5.74) is 0.915. The predicted octanol–water partition coefficient (Wildman–Crippen LogP) is 5.01. The molecule has 0 aliphatic rings. The normalized spacial score (nSPS) is 13.2. The van der Waals surface area contributed by atoms with Crippen LogP contribution in [0.25, 0.3) is 0 Å². The molecule has 19 heavy (non-hydrogen) atoms. The van der Waals surface area contributed by atoms with E-state index in [4.69, 9.17) is 11.6 Å². The highest BCUT2D eigenvalue weighted by Crippen LogP contribution is 2.32. The Kier molecular flexibility index (Phi) is 6.67. The molecule has 1 N–H and O–H groups in total. The first-order valence-electron chi connectivity index (χ1n) is 7.21. The van der Waals surface area contributed by atoms with Gasteiger partial charge >= 0.3 is 0 Å². The molecule has 1 unspecified atom stereocenters. The number of phenols is 1. The van der Waals surface area contributed by atoms with Crippen LogP contribution in [-0.4, -0.2) is 22.6 Å². The zero-order chi connectivity index (χ0) is 14.4. The molecule has 0 heterocycles. The molecule has 0 fully saturated rings. The van der Waals surface area contributed by atoms with E-state index < -0.39 is 0 Å². The van der Waals surface area contributed by atoms with Crippen LogP contribution in [0.15, 0.2) is 18.2 Å². The summed E-state index contributed by atoms with van der Waals surface area (Å²) in [6.07, 6.45) is 3.67. The maximum atomic E-state index is 10.0. The number of rotatable bonds is 7. The predicted molar refractivity (Wildman–Crippen MR) is 82.9 cm³/mol. The van der Waals surface area contributed by atoms with Crippen LogP contribution in [0.2, 0.25) is 5.02 Å². The molecule has 0 aliphatic heterocycles. The van der Waals surface area contributed by atoms with Crippen molar-refractivity contribution in [3.63, 3.8) is 0 Å². The lowest BCUT2D eigenvalue weighted by Gasteiger charge is -2.33. The minimum atomic E-state index is 0.176. The van der Waals surface area contributed by atoms with Crippen molar-refractivity contribution in [1.29, 1.82) is 0 Å². The molecule has 0 bridgehead atoms. The molecule has 1 aromatic carbocycles. The summed E-state index contributed by atoms with van der Waals surface area (Å²) in [6.45, 7) is 9.80. The molecule has 108 valence electrons. The second kappa shape index (κ2) is 7.76. The van der Waals surface area contributed by atoms with Crippen molar-refractivity contribution in [2.45, 2.75) is 59.0 Å². The number of hydrogen-bond donors (Lipinski definition) is 1.